The molecule has 0 bridgehead atoms. The monoisotopic (exact) mass is 335 g/mol. The third-order valence-electron chi connectivity index (χ3n) is 4.73. The summed E-state index contributed by atoms with van der Waals surface area (Å²) in [5, 5.41) is 4.25. The second-order valence-corrected chi connectivity index (χ2v) is 6.31. The van der Waals surface area contributed by atoms with Gasteiger partial charge in [0.1, 0.15) is 5.75 Å². The van der Waals surface area contributed by atoms with Crippen LogP contribution in [0.5, 0.6) is 5.75 Å². The fraction of sp³-hybridized carbons (Fsp3) is 0.250. The molecule has 5 nitrogen and oxygen atoms in total. The molecule has 2 aromatic carbocycles. The van der Waals surface area contributed by atoms with Crippen molar-refractivity contribution in [2.45, 2.75) is 19.4 Å². The van der Waals surface area contributed by atoms with Gasteiger partial charge in [-0.25, -0.2) is 4.79 Å². The molecule has 128 valence electrons. The number of carbonyl (C=O) groups is 1. The van der Waals surface area contributed by atoms with Crippen LogP contribution in [-0.2, 0) is 13.0 Å². The van der Waals surface area contributed by atoms with E-state index in [-0.39, 0.29) is 6.03 Å². The van der Waals surface area contributed by atoms with Gasteiger partial charge < -0.3 is 19.9 Å². The zero-order valence-corrected chi connectivity index (χ0v) is 14.2. The molecule has 2 heterocycles. The Morgan fingerprint density at radius 2 is 1.96 bits per heavy atom. The molecule has 0 saturated carbocycles. The van der Waals surface area contributed by atoms with E-state index in [1.165, 1.54) is 10.9 Å². The number of fused-ring (bicyclic) bond motifs is 3. The molecular weight excluding hydrogens is 314 g/mol. The number of ether oxygens (including phenoxy) is 1. The average Bonchev–Trinajstić information content (AvgIpc) is 2.85. The lowest BCUT2D eigenvalue weighted by molar-refractivity contribution is 0.209. The summed E-state index contributed by atoms with van der Waals surface area (Å²) >= 11 is 0. The molecule has 2 N–H and O–H groups in total. The van der Waals surface area contributed by atoms with Crippen molar-refractivity contribution < 1.29 is 9.53 Å². The molecule has 3 aromatic rings. The number of urea groups is 1. The number of nitrogens with one attached hydrogen (secondary N) is 2. The van der Waals surface area contributed by atoms with Gasteiger partial charge in [0.25, 0.3) is 0 Å². The van der Waals surface area contributed by atoms with Gasteiger partial charge in [-0.3, -0.25) is 0 Å². The van der Waals surface area contributed by atoms with Gasteiger partial charge >= 0.3 is 6.03 Å². The largest absolute Gasteiger partial charge is 0.497 e. The van der Waals surface area contributed by atoms with E-state index >= 15 is 0 Å². The summed E-state index contributed by atoms with van der Waals surface area (Å²) < 4.78 is 5.15. The SMILES string of the molecule is COc1ccc(NC(=O)N2CCCc3c([nH]c4ccccc34)C2)cc1. The van der Waals surface area contributed by atoms with Crippen molar-refractivity contribution in [3.8, 4) is 5.75 Å². The summed E-state index contributed by atoms with van der Waals surface area (Å²) in [6.07, 6.45) is 1.95. The Bertz CT molecular complexity index is 899. The van der Waals surface area contributed by atoms with E-state index in [9.17, 15) is 4.79 Å². The van der Waals surface area contributed by atoms with Gasteiger partial charge in [0.15, 0.2) is 0 Å². The van der Waals surface area contributed by atoms with Crippen LogP contribution < -0.4 is 10.1 Å². The number of H-pyrrole nitrogens is 1. The highest BCUT2D eigenvalue weighted by Gasteiger charge is 2.22. The van der Waals surface area contributed by atoms with E-state index < -0.39 is 0 Å². The second-order valence-electron chi connectivity index (χ2n) is 6.31. The van der Waals surface area contributed by atoms with Crippen LogP contribution in [0, 0.1) is 0 Å². The minimum Gasteiger partial charge on any atom is -0.497 e. The first-order valence-electron chi connectivity index (χ1n) is 8.53. The lowest BCUT2D eigenvalue weighted by atomic mass is 10.1. The maximum Gasteiger partial charge on any atom is 0.322 e. The second kappa shape index (κ2) is 6.51. The van der Waals surface area contributed by atoms with Crippen molar-refractivity contribution >= 4 is 22.6 Å². The van der Waals surface area contributed by atoms with Gasteiger partial charge in [-0.15, -0.1) is 0 Å². The Hall–Kier alpha value is -2.95. The number of para-hydroxylation sites is 1. The van der Waals surface area contributed by atoms with Gasteiger partial charge in [-0.05, 0) is 48.7 Å². The lowest BCUT2D eigenvalue weighted by Gasteiger charge is -2.21. The molecule has 0 atom stereocenters. The van der Waals surface area contributed by atoms with Crippen molar-refractivity contribution in [2.24, 2.45) is 0 Å². The van der Waals surface area contributed by atoms with Crippen molar-refractivity contribution in [1.29, 1.82) is 0 Å². The Labute approximate surface area is 146 Å². The molecule has 1 aliphatic heterocycles. The third-order valence-corrected chi connectivity index (χ3v) is 4.73. The van der Waals surface area contributed by atoms with Crippen LogP contribution in [0.4, 0.5) is 10.5 Å². The average molecular weight is 335 g/mol. The van der Waals surface area contributed by atoms with Crippen molar-refractivity contribution in [2.75, 3.05) is 19.0 Å². The number of benzene rings is 2. The lowest BCUT2D eigenvalue weighted by Crippen LogP contribution is -2.34. The number of rotatable bonds is 2. The Balaban J connectivity index is 1.53. The van der Waals surface area contributed by atoms with Gasteiger partial charge in [0.2, 0.25) is 0 Å². The smallest absolute Gasteiger partial charge is 0.322 e. The molecule has 0 unspecified atom stereocenters. The normalized spacial score (nSPS) is 14.0. The summed E-state index contributed by atoms with van der Waals surface area (Å²) in [5.41, 5.74) is 4.40. The first-order chi connectivity index (χ1) is 12.2. The van der Waals surface area contributed by atoms with Crippen LogP contribution in [0.1, 0.15) is 17.7 Å². The van der Waals surface area contributed by atoms with E-state index in [0.29, 0.717) is 6.54 Å². The molecule has 1 aromatic heterocycles. The van der Waals surface area contributed by atoms with Gasteiger partial charge in [-0.1, -0.05) is 18.2 Å². The highest BCUT2D eigenvalue weighted by atomic mass is 16.5. The number of hydrogen-bond acceptors (Lipinski definition) is 2. The summed E-state index contributed by atoms with van der Waals surface area (Å²) in [4.78, 5) is 18.0. The van der Waals surface area contributed by atoms with Crippen molar-refractivity contribution in [3.63, 3.8) is 0 Å². The molecule has 0 fully saturated rings. The van der Waals surface area contributed by atoms with Crippen LogP contribution >= 0.6 is 0 Å². The summed E-state index contributed by atoms with van der Waals surface area (Å²) in [5.74, 6) is 0.774. The van der Waals surface area contributed by atoms with Gasteiger partial charge in [0, 0.05) is 28.8 Å². The number of aromatic nitrogens is 1. The predicted octanol–water partition coefficient (Wildman–Crippen LogP) is 4.16. The molecular formula is C20H21N3O2. The number of amides is 2. The number of anilines is 1. The molecule has 0 saturated heterocycles. The summed E-state index contributed by atoms with van der Waals surface area (Å²) in [7, 11) is 1.63. The number of hydrogen-bond donors (Lipinski definition) is 2. The number of aromatic amines is 1. The first kappa shape index (κ1) is 15.6. The highest BCUT2D eigenvalue weighted by Crippen LogP contribution is 2.27. The van der Waals surface area contributed by atoms with Crippen molar-refractivity contribution in [3.05, 3.63) is 59.8 Å². The van der Waals surface area contributed by atoms with Crippen LogP contribution in [-0.4, -0.2) is 29.6 Å². The summed E-state index contributed by atoms with van der Waals surface area (Å²) in [6.45, 7) is 1.35. The summed E-state index contributed by atoms with van der Waals surface area (Å²) in [6, 6.07) is 15.6. The van der Waals surface area contributed by atoms with Crippen molar-refractivity contribution in [1.82, 2.24) is 9.88 Å². The maximum atomic E-state index is 12.7. The maximum absolute atomic E-state index is 12.7. The third kappa shape index (κ3) is 3.05. The number of nitrogens with zero attached hydrogens (tertiary/aromatic N) is 1. The molecule has 1 aliphatic rings. The van der Waals surface area contributed by atoms with Gasteiger partial charge in [-0.2, -0.15) is 0 Å². The molecule has 25 heavy (non-hydrogen) atoms. The quantitative estimate of drug-likeness (QED) is 0.739. The van der Waals surface area contributed by atoms with E-state index in [2.05, 4.69) is 28.5 Å². The number of methoxy groups -OCH3 is 1. The van der Waals surface area contributed by atoms with E-state index in [4.69, 9.17) is 4.74 Å². The first-order valence-corrected chi connectivity index (χ1v) is 8.53. The highest BCUT2D eigenvalue weighted by molar-refractivity contribution is 5.90. The number of aryl methyl sites for hydroxylation is 1. The molecule has 5 heteroatoms. The van der Waals surface area contributed by atoms with Crippen LogP contribution in [0.25, 0.3) is 10.9 Å². The zero-order chi connectivity index (χ0) is 17.2. The van der Waals surface area contributed by atoms with Crippen LogP contribution in [0.15, 0.2) is 48.5 Å². The molecule has 0 radical (unpaired) electrons. The molecule has 4 rings (SSSR count). The molecule has 2 amide bonds. The van der Waals surface area contributed by atoms with E-state index in [0.717, 1.165) is 42.0 Å². The zero-order valence-electron chi connectivity index (χ0n) is 14.2. The fourth-order valence-electron chi connectivity index (χ4n) is 3.44. The molecule has 0 aliphatic carbocycles. The minimum absolute atomic E-state index is 0.0725. The fourth-order valence-corrected chi connectivity index (χ4v) is 3.44. The standard InChI is InChI=1S/C20H21N3O2/c1-25-15-10-8-14(9-11-15)21-20(24)23-12-4-6-17-16-5-2-3-7-18(16)22-19(17)13-23/h2-3,5,7-11,22H,4,6,12-13H2,1H3,(H,21,24). The predicted molar refractivity (Wildman–Crippen MR) is 99.0 cm³/mol. The topological polar surface area (TPSA) is 57.4 Å². The van der Waals surface area contributed by atoms with E-state index in [1.54, 1.807) is 7.11 Å². The van der Waals surface area contributed by atoms with Crippen LogP contribution in [0.2, 0.25) is 0 Å². The minimum atomic E-state index is -0.0725. The Kier molecular flexibility index (Phi) is 4.06. The number of carbonyl (C=O) groups excluding carboxylic acids is 1. The van der Waals surface area contributed by atoms with Crippen LogP contribution in [0.3, 0.4) is 0 Å². The Morgan fingerprint density at radius 1 is 1.16 bits per heavy atom. The Morgan fingerprint density at radius 3 is 2.76 bits per heavy atom. The molecule has 0 spiro atoms. The van der Waals surface area contributed by atoms with Gasteiger partial charge in [0.05, 0.1) is 13.7 Å². The van der Waals surface area contributed by atoms with E-state index in [1.807, 2.05) is 35.2 Å².